The van der Waals surface area contributed by atoms with Crippen molar-refractivity contribution < 1.29 is 9.66 Å². The molecular weight excluding hydrogens is 268 g/mol. The SMILES string of the molecule is O=[N+]([O-])c1ccc(/C=[N+](\[O-])c2cccc(Cl)c2)cc1. The van der Waals surface area contributed by atoms with E-state index in [1.54, 1.807) is 18.2 Å². The third kappa shape index (κ3) is 3.29. The summed E-state index contributed by atoms with van der Waals surface area (Å²) < 4.78 is 0.660. The molecule has 0 saturated heterocycles. The Morgan fingerprint density at radius 1 is 1.00 bits per heavy atom. The number of non-ortho nitro benzene ring substituents is 1. The van der Waals surface area contributed by atoms with Gasteiger partial charge in [0, 0.05) is 34.9 Å². The molecule has 0 radical (unpaired) electrons. The Morgan fingerprint density at radius 2 is 1.68 bits per heavy atom. The van der Waals surface area contributed by atoms with Crippen molar-refractivity contribution in [2.24, 2.45) is 0 Å². The van der Waals surface area contributed by atoms with Crippen LogP contribution in [-0.2, 0) is 0 Å². The van der Waals surface area contributed by atoms with Crippen LogP contribution in [0.15, 0.2) is 48.5 Å². The first-order valence-corrected chi connectivity index (χ1v) is 5.75. The van der Waals surface area contributed by atoms with Crippen molar-refractivity contribution in [2.45, 2.75) is 0 Å². The molecule has 0 N–H and O–H groups in total. The second-order valence-corrected chi connectivity index (χ2v) is 4.22. The fourth-order valence-electron chi connectivity index (χ4n) is 1.51. The number of nitrogens with zero attached hydrogens (tertiary/aromatic N) is 2. The maximum atomic E-state index is 11.9. The van der Waals surface area contributed by atoms with Gasteiger partial charge in [0.1, 0.15) is 0 Å². The summed E-state index contributed by atoms with van der Waals surface area (Å²) in [6, 6.07) is 12.2. The molecule has 0 aliphatic heterocycles. The van der Waals surface area contributed by atoms with E-state index in [1.807, 2.05) is 0 Å². The van der Waals surface area contributed by atoms with E-state index >= 15 is 0 Å². The van der Waals surface area contributed by atoms with Crippen molar-refractivity contribution in [1.82, 2.24) is 0 Å². The van der Waals surface area contributed by atoms with Crippen molar-refractivity contribution in [1.29, 1.82) is 0 Å². The van der Waals surface area contributed by atoms with Crippen molar-refractivity contribution >= 4 is 29.2 Å². The highest BCUT2D eigenvalue weighted by molar-refractivity contribution is 6.30. The van der Waals surface area contributed by atoms with E-state index < -0.39 is 4.92 Å². The van der Waals surface area contributed by atoms with E-state index in [1.165, 1.54) is 36.5 Å². The number of rotatable bonds is 3. The zero-order valence-corrected chi connectivity index (χ0v) is 10.4. The Morgan fingerprint density at radius 3 is 2.26 bits per heavy atom. The van der Waals surface area contributed by atoms with Crippen LogP contribution in [0.4, 0.5) is 11.4 Å². The molecule has 0 unspecified atom stereocenters. The predicted molar refractivity (Wildman–Crippen MR) is 73.0 cm³/mol. The van der Waals surface area contributed by atoms with Crippen LogP contribution in [0.3, 0.4) is 0 Å². The van der Waals surface area contributed by atoms with E-state index in [9.17, 15) is 15.3 Å². The molecular formula is C13H9ClN2O3. The molecule has 2 aromatic carbocycles. The van der Waals surface area contributed by atoms with Crippen LogP contribution in [0.25, 0.3) is 0 Å². The second-order valence-electron chi connectivity index (χ2n) is 3.78. The van der Waals surface area contributed by atoms with Gasteiger partial charge < -0.3 is 5.21 Å². The molecule has 0 aliphatic carbocycles. The number of nitro benzene ring substituents is 1. The second kappa shape index (κ2) is 5.49. The van der Waals surface area contributed by atoms with Crippen LogP contribution in [0.2, 0.25) is 5.02 Å². The summed E-state index contributed by atoms with van der Waals surface area (Å²) in [5.74, 6) is 0. The standard InChI is InChI=1S/C13H9ClN2O3/c14-11-2-1-3-13(8-11)15(17)9-10-4-6-12(7-5-10)16(18)19/h1-9H/b15-9-. The fourth-order valence-corrected chi connectivity index (χ4v) is 1.69. The Kier molecular flexibility index (Phi) is 3.77. The summed E-state index contributed by atoms with van der Waals surface area (Å²) in [6.45, 7) is 0. The lowest BCUT2D eigenvalue weighted by Crippen LogP contribution is -1.99. The van der Waals surface area contributed by atoms with Gasteiger partial charge in [-0.3, -0.25) is 10.1 Å². The average molecular weight is 277 g/mol. The van der Waals surface area contributed by atoms with E-state index in [-0.39, 0.29) is 5.69 Å². The van der Waals surface area contributed by atoms with Crippen LogP contribution in [0.5, 0.6) is 0 Å². The molecule has 0 saturated carbocycles. The molecule has 0 heterocycles. The van der Waals surface area contributed by atoms with Crippen LogP contribution < -0.4 is 0 Å². The lowest BCUT2D eigenvalue weighted by atomic mass is 10.2. The molecule has 0 aromatic heterocycles. The summed E-state index contributed by atoms with van der Waals surface area (Å²) >= 11 is 5.79. The molecule has 2 aromatic rings. The number of hydrogen-bond acceptors (Lipinski definition) is 3. The molecule has 5 nitrogen and oxygen atoms in total. The number of halogens is 1. The molecule has 0 amide bonds. The summed E-state index contributed by atoms with van der Waals surface area (Å²) in [6.07, 6.45) is 1.33. The van der Waals surface area contributed by atoms with Crippen LogP contribution >= 0.6 is 11.6 Å². The minimum atomic E-state index is -0.490. The van der Waals surface area contributed by atoms with Gasteiger partial charge in [-0.2, -0.15) is 4.74 Å². The van der Waals surface area contributed by atoms with Crippen LogP contribution in [0, 0.1) is 15.3 Å². The Balaban J connectivity index is 2.27. The maximum absolute atomic E-state index is 11.9. The third-order valence-corrected chi connectivity index (χ3v) is 2.67. The number of benzene rings is 2. The molecule has 0 atom stereocenters. The van der Waals surface area contributed by atoms with Gasteiger partial charge >= 0.3 is 0 Å². The lowest BCUT2D eigenvalue weighted by molar-refractivity contribution is -0.384. The van der Waals surface area contributed by atoms with Crippen LogP contribution in [-0.4, -0.2) is 15.9 Å². The topological polar surface area (TPSA) is 69.2 Å². The smallest absolute Gasteiger partial charge is 0.269 e. The summed E-state index contributed by atoms with van der Waals surface area (Å²) in [7, 11) is 0. The van der Waals surface area contributed by atoms with E-state index in [0.29, 0.717) is 21.0 Å². The van der Waals surface area contributed by atoms with Gasteiger partial charge in [0.2, 0.25) is 5.69 Å². The first-order chi connectivity index (χ1) is 9.06. The van der Waals surface area contributed by atoms with E-state index in [4.69, 9.17) is 11.6 Å². The van der Waals surface area contributed by atoms with Crippen LogP contribution in [0.1, 0.15) is 5.56 Å². The fraction of sp³-hybridized carbons (Fsp3) is 0. The van der Waals surface area contributed by atoms with E-state index in [2.05, 4.69) is 0 Å². The van der Waals surface area contributed by atoms with Gasteiger partial charge in [0.15, 0.2) is 6.21 Å². The minimum absolute atomic E-state index is 0.0163. The maximum Gasteiger partial charge on any atom is 0.269 e. The highest BCUT2D eigenvalue weighted by Gasteiger charge is 2.06. The molecule has 19 heavy (non-hydrogen) atoms. The number of hydrogen-bond donors (Lipinski definition) is 0. The molecule has 96 valence electrons. The van der Waals surface area contributed by atoms with Crippen molar-refractivity contribution in [3.05, 3.63) is 74.4 Å². The van der Waals surface area contributed by atoms with Crippen molar-refractivity contribution in [3.63, 3.8) is 0 Å². The predicted octanol–water partition coefficient (Wildman–Crippen LogP) is 3.51. The lowest BCUT2D eigenvalue weighted by Gasteiger charge is -2.03. The number of nitro groups is 1. The summed E-state index contributed by atoms with van der Waals surface area (Å²) in [5, 5.41) is 22.8. The minimum Gasteiger partial charge on any atom is -0.618 e. The van der Waals surface area contributed by atoms with Crippen molar-refractivity contribution in [3.8, 4) is 0 Å². The Hall–Kier alpha value is -2.40. The first-order valence-electron chi connectivity index (χ1n) is 5.37. The van der Waals surface area contributed by atoms with Gasteiger partial charge in [-0.1, -0.05) is 17.7 Å². The molecule has 6 heteroatoms. The highest BCUT2D eigenvalue weighted by atomic mass is 35.5. The Labute approximate surface area is 114 Å². The monoisotopic (exact) mass is 276 g/mol. The molecule has 2 rings (SSSR count). The molecule has 0 aliphatic rings. The largest absolute Gasteiger partial charge is 0.618 e. The average Bonchev–Trinajstić information content (AvgIpc) is 2.39. The van der Waals surface area contributed by atoms with Gasteiger partial charge in [0.05, 0.1) is 4.92 Å². The van der Waals surface area contributed by atoms with E-state index in [0.717, 1.165) is 0 Å². The molecule has 0 spiro atoms. The van der Waals surface area contributed by atoms with Gasteiger partial charge in [-0.25, -0.2) is 0 Å². The summed E-state index contributed by atoms with van der Waals surface area (Å²) in [5.41, 5.74) is 0.948. The molecule has 0 fully saturated rings. The normalized spacial score (nSPS) is 11.3. The van der Waals surface area contributed by atoms with Gasteiger partial charge in [-0.15, -0.1) is 0 Å². The Bertz CT molecular complexity index is 639. The highest BCUT2D eigenvalue weighted by Crippen LogP contribution is 2.17. The molecule has 0 bridgehead atoms. The van der Waals surface area contributed by atoms with Gasteiger partial charge in [0.25, 0.3) is 5.69 Å². The quantitative estimate of drug-likeness (QED) is 0.283. The third-order valence-electron chi connectivity index (χ3n) is 2.43. The van der Waals surface area contributed by atoms with Gasteiger partial charge in [-0.05, 0) is 18.2 Å². The summed E-state index contributed by atoms with van der Waals surface area (Å²) in [4.78, 5) is 10.0. The zero-order valence-electron chi connectivity index (χ0n) is 9.69. The van der Waals surface area contributed by atoms with Crippen molar-refractivity contribution in [2.75, 3.05) is 0 Å². The first kappa shape index (κ1) is 13.0. The zero-order chi connectivity index (χ0) is 13.8.